The van der Waals surface area contributed by atoms with E-state index in [9.17, 15) is 4.79 Å². The van der Waals surface area contributed by atoms with Crippen LogP contribution >= 0.6 is 0 Å². The normalized spacial score (nSPS) is 10.3. The number of aryl methyl sites for hydroxylation is 1. The summed E-state index contributed by atoms with van der Waals surface area (Å²) in [6.07, 6.45) is 0. The number of carbonyl (C=O) groups excluding carboxylic acids is 1. The third-order valence-electron chi connectivity index (χ3n) is 3.14. The molecule has 0 aliphatic rings. The Morgan fingerprint density at radius 1 is 1.05 bits per heavy atom. The summed E-state index contributed by atoms with van der Waals surface area (Å²) in [7, 11) is 1.62. The fourth-order valence-corrected chi connectivity index (χ4v) is 2.04. The molecule has 0 saturated heterocycles. The third kappa shape index (κ3) is 4.60. The number of ether oxygens (including phenoxy) is 3. The molecule has 0 heterocycles. The van der Waals surface area contributed by atoms with Crippen LogP contribution in [0.4, 0.5) is 0 Å². The first-order chi connectivity index (χ1) is 10.7. The zero-order valence-electron chi connectivity index (χ0n) is 12.9. The van der Waals surface area contributed by atoms with E-state index in [0.29, 0.717) is 18.8 Å². The second kappa shape index (κ2) is 8.20. The number of benzene rings is 2. The first-order valence-corrected chi connectivity index (χ1v) is 7.14. The van der Waals surface area contributed by atoms with Crippen LogP contribution in [0.25, 0.3) is 0 Å². The van der Waals surface area contributed by atoms with Crippen molar-refractivity contribution in [3.63, 3.8) is 0 Å². The van der Waals surface area contributed by atoms with Crippen LogP contribution in [0.15, 0.2) is 48.5 Å². The topological polar surface area (TPSA) is 44.8 Å². The fraction of sp³-hybridized carbons (Fsp3) is 0.278. The summed E-state index contributed by atoms with van der Waals surface area (Å²) in [5.41, 5.74) is 2.51. The average Bonchev–Trinajstić information content (AvgIpc) is 2.53. The van der Waals surface area contributed by atoms with Gasteiger partial charge in [-0.1, -0.05) is 30.3 Å². The van der Waals surface area contributed by atoms with E-state index in [0.717, 1.165) is 16.9 Å². The van der Waals surface area contributed by atoms with Crippen LogP contribution in [0.2, 0.25) is 0 Å². The molecule has 22 heavy (non-hydrogen) atoms. The van der Waals surface area contributed by atoms with E-state index in [1.807, 2.05) is 43.3 Å². The average molecular weight is 300 g/mol. The summed E-state index contributed by atoms with van der Waals surface area (Å²) in [5, 5.41) is 0. The highest BCUT2D eigenvalue weighted by Gasteiger charge is 2.08. The van der Waals surface area contributed by atoms with Crippen molar-refractivity contribution in [1.29, 1.82) is 0 Å². The molecule has 0 aliphatic heterocycles. The van der Waals surface area contributed by atoms with Crippen molar-refractivity contribution in [2.24, 2.45) is 0 Å². The van der Waals surface area contributed by atoms with Crippen LogP contribution in [0.1, 0.15) is 21.5 Å². The molecular weight excluding hydrogens is 280 g/mol. The standard InChI is InChI=1S/C18H20O4/c1-14-6-3-4-9-17(14)21-10-11-22-18(19)16-8-5-7-15(12-16)13-20-2/h3-9,12H,10-11,13H2,1-2H3. The molecular formula is C18H20O4. The highest BCUT2D eigenvalue weighted by molar-refractivity contribution is 5.89. The van der Waals surface area contributed by atoms with Gasteiger partial charge >= 0.3 is 5.97 Å². The van der Waals surface area contributed by atoms with E-state index in [4.69, 9.17) is 14.2 Å². The Balaban J connectivity index is 1.80. The Hall–Kier alpha value is -2.33. The molecule has 0 spiro atoms. The molecule has 116 valence electrons. The molecule has 0 unspecified atom stereocenters. The van der Waals surface area contributed by atoms with Gasteiger partial charge in [0.2, 0.25) is 0 Å². The van der Waals surface area contributed by atoms with Crippen molar-refractivity contribution < 1.29 is 19.0 Å². The number of carbonyl (C=O) groups is 1. The third-order valence-corrected chi connectivity index (χ3v) is 3.14. The molecule has 0 fully saturated rings. The predicted octanol–water partition coefficient (Wildman–Crippen LogP) is 3.38. The minimum atomic E-state index is -0.355. The van der Waals surface area contributed by atoms with Crippen molar-refractivity contribution in [3.8, 4) is 5.75 Å². The zero-order valence-corrected chi connectivity index (χ0v) is 12.9. The largest absolute Gasteiger partial charge is 0.490 e. The van der Waals surface area contributed by atoms with E-state index in [1.54, 1.807) is 19.2 Å². The maximum Gasteiger partial charge on any atom is 0.338 e. The molecule has 2 rings (SSSR count). The van der Waals surface area contributed by atoms with Crippen molar-refractivity contribution in [3.05, 3.63) is 65.2 Å². The molecule has 0 saturated carbocycles. The van der Waals surface area contributed by atoms with Gasteiger partial charge in [-0.3, -0.25) is 0 Å². The summed E-state index contributed by atoms with van der Waals surface area (Å²) >= 11 is 0. The second-order valence-electron chi connectivity index (χ2n) is 4.88. The van der Waals surface area contributed by atoms with Gasteiger partial charge in [-0.25, -0.2) is 4.79 Å². The number of hydrogen-bond acceptors (Lipinski definition) is 4. The van der Waals surface area contributed by atoms with Gasteiger partial charge in [-0.05, 0) is 36.2 Å². The van der Waals surface area contributed by atoms with E-state index >= 15 is 0 Å². The highest BCUT2D eigenvalue weighted by atomic mass is 16.6. The maximum atomic E-state index is 12.0. The smallest absolute Gasteiger partial charge is 0.338 e. The first-order valence-electron chi connectivity index (χ1n) is 7.14. The lowest BCUT2D eigenvalue weighted by Crippen LogP contribution is -2.13. The van der Waals surface area contributed by atoms with E-state index in [1.165, 1.54) is 0 Å². The van der Waals surface area contributed by atoms with Gasteiger partial charge in [-0.15, -0.1) is 0 Å². The predicted molar refractivity (Wildman–Crippen MR) is 84.1 cm³/mol. The SMILES string of the molecule is COCc1cccc(C(=O)OCCOc2ccccc2C)c1. The second-order valence-corrected chi connectivity index (χ2v) is 4.88. The van der Waals surface area contributed by atoms with Gasteiger partial charge < -0.3 is 14.2 Å². The molecule has 2 aromatic carbocycles. The molecule has 4 nitrogen and oxygen atoms in total. The minimum Gasteiger partial charge on any atom is -0.490 e. The Bertz CT molecular complexity index is 622. The van der Waals surface area contributed by atoms with Crippen LogP contribution in [-0.4, -0.2) is 26.3 Å². The summed E-state index contributed by atoms with van der Waals surface area (Å²) in [5.74, 6) is 0.451. The highest BCUT2D eigenvalue weighted by Crippen LogP contribution is 2.15. The molecule has 0 amide bonds. The van der Waals surface area contributed by atoms with Gasteiger partial charge in [-0.2, -0.15) is 0 Å². The molecule has 0 bridgehead atoms. The van der Waals surface area contributed by atoms with Gasteiger partial charge in [0.05, 0.1) is 12.2 Å². The summed E-state index contributed by atoms with van der Waals surface area (Å²) < 4.78 is 15.9. The minimum absolute atomic E-state index is 0.210. The zero-order chi connectivity index (χ0) is 15.8. The lowest BCUT2D eigenvalue weighted by molar-refractivity contribution is 0.0450. The van der Waals surface area contributed by atoms with Gasteiger partial charge in [0.25, 0.3) is 0 Å². The quantitative estimate of drug-likeness (QED) is 0.581. The van der Waals surface area contributed by atoms with Crippen molar-refractivity contribution >= 4 is 5.97 Å². The summed E-state index contributed by atoms with van der Waals surface area (Å²) in [6, 6.07) is 15.0. The first kappa shape index (κ1) is 16.0. The molecule has 0 atom stereocenters. The molecule has 0 radical (unpaired) electrons. The van der Waals surface area contributed by atoms with Crippen molar-refractivity contribution in [2.45, 2.75) is 13.5 Å². The lowest BCUT2D eigenvalue weighted by Gasteiger charge is -2.09. The Morgan fingerprint density at radius 2 is 1.86 bits per heavy atom. The van der Waals surface area contributed by atoms with E-state index in [-0.39, 0.29) is 12.6 Å². The Labute approximate surface area is 130 Å². The Morgan fingerprint density at radius 3 is 2.64 bits per heavy atom. The monoisotopic (exact) mass is 300 g/mol. The fourth-order valence-electron chi connectivity index (χ4n) is 2.04. The van der Waals surface area contributed by atoms with Crippen molar-refractivity contribution in [2.75, 3.05) is 20.3 Å². The summed E-state index contributed by atoms with van der Waals surface area (Å²) in [6.45, 7) is 2.98. The van der Waals surface area contributed by atoms with Crippen LogP contribution < -0.4 is 4.74 Å². The van der Waals surface area contributed by atoms with Gasteiger partial charge in [0.15, 0.2) is 0 Å². The van der Waals surface area contributed by atoms with E-state index < -0.39 is 0 Å². The maximum absolute atomic E-state index is 12.0. The number of hydrogen-bond donors (Lipinski definition) is 0. The Kier molecular flexibility index (Phi) is 5.98. The van der Waals surface area contributed by atoms with Crippen LogP contribution in [0.5, 0.6) is 5.75 Å². The van der Waals surface area contributed by atoms with Crippen molar-refractivity contribution in [1.82, 2.24) is 0 Å². The van der Waals surface area contributed by atoms with Crippen LogP contribution in [0, 0.1) is 6.92 Å². The van der Waals surface area contributed by atoms with Crippen LogP contribution in [-0.2, 0) is 16.1 Å². The molecule has 0 aliphatic carbocycles. The number of rotatable bonds is 7. The molecule has 0 N–H and O–H groups in total. The van der Waals surface area contributed by atoms with E-state index in [2.05, 4.69) is 0 Å². The number of methoxy groups -OCH3 is 1. The van der Waals surface area contributed by atoms with Crippen LogP contribution in [0.3, 0.4) is 0 Å². The molecule has 2 aromatic rings. The lowest BCUT2D eigenvalue weighted by atomic mass is 10.1. The van der Waals surface area contributed by atoms with Gasteiger partial charge in [0, 0.05) is 7.11 Å². The molecule has 4 heteroatoms. The summed E-state index contributed by atoms with van der Waals surface area (Å²) in [4.78, 5) is 12.0. The van der Waals surface area contributed by atoms with Gasteiger partial charge in [0.1, 0.15) is 19.0 Å². The molecule has 0 aromatic heterocycles. The number of para-hydroxylation sites is 1. The number of esters is 1.